The third kappa shape index (κ3) is 4.59. The highest BCUT2D eigenvalue weighted by Crippen LogP contribution is 2.15. The minimum Gasteiger partial charge on any atom is -0.387 e. The van der Waals surface area contributed by atoms with Crippen molar-refractivity contribution in [3.8, 4) is 0 Å². The van der Waals surface area contributed by atoms with Crippen molar-refractivity contribution in [2.24, 2.45) is 0 Å². The maximum Gasteiger partial charge on any atom is 0.182 e. The topological polar surface area (TPSA) is 48.4 Å². The Kier molecular flexibility index (Phi) is 4.07. The zero-order valence-corrected chi connectivity index (χ0v) is 10.6. The lowest BCUT2D eigenvalue weighted by Gasteiger charge is -2.26. The van der Waals surface area contributed by atoms with Gasteiger partial charge in [0.05, 0.1) is 11.3 Å². The minimum atomic E-state index is -0.733. The molecule has 1 atom stereocenters. The number of nitrogens with one attached hydrogen (secondary N) is 1. The van der Waals surface area contributed by atoms with Crippen LogP contribution in [0.2, 0.25) is 0 Å². The van der Waals surface area contributed by atoms with Gasteiger partial charge in [-0.15, -0.1) is 11.3 Å². The Labute approximate surface area is 94.9 Å². The van der Waals surface area contributed by atoms with Crippen molar-refractivity contribution in [3.63, 3.8) is 0 Å². The molecule has 1 aromatic heterocycles. The van der Waals surface area contributed by atoms with Crippen LogP contribution in [0.25, 0.3) is 0 Å². The van der Waals surface area contributed by atoms with Gasteiger partial charge in [0.1, 0.15) is 0 Å². The van der Waals surface area contributed by atoms with Crippen LogP contribution >= 0.6 is 11.3 Å². The fourth-order valence-electron chi connectivity index (χ4n) is 1.44. The van der Waals surface area contributed by atoms with Crippen LogP contribution in [-0.2, 0) is 0 Å². The molecule has 0 saturated carbocycles. The van der Waals surface area contributed by atoms with E-state index < -0.39 is 5.60 Å². The summed E-state index contributed by atoms with van der Waals surface area (Å²) in [6.45, 7) is 4.92. The second kappa shape index (κ2) is 4.92. The van der Waals surface area contributed by atoms with Gasteiger partial charge < -0.3 is 15.3 Å². The Balaban J connectivity index is 2.42. The number of aryl methyl sites for hydroxylation is 1. The maximum atomic E-state index is 10.0. The van der Waals surface area contributed by atoms with E-state index in [1.165, 1.54) is 0 Å². The average molecular weight is 229 g/mol. The Morgan fingerprint density at radius 2 is 2.27 bits per heavy atom. The molecule has 0 aliphatic carbocycles. The summed E-state index contributed by atoms with van der Waals surface area (Å²) < 4.78 is 0. The molecule has 0 aromatic carbocycles. The molecule has 1 aromatic rings. The quantitative estimate of drug-likeness (QED) is 0.796. The van der Waals surface area contributed by atoms with Gasteiger partial charge >= 0.3 is 0 Å². The molecular weight excluding hydrogens is 210 g/mol. The molecule has 0 spiro atoms. The first-order valence-electron chi connectivity index (χ1n) is 4.92. The van der Waals surface area contributed by atoms with Gasteiger partial charge in [-0.05, 0) is 27.9 Å². The predicted octanol–water partition coefficient (Wildman–Crippen LogP) is 1.18. The Bertz CT molecular complexity index is 309. The summed E-state index contributed by atoms with van der Waals surface area (Å²) in [6, 6.07) is 0. The van der Waals surface area contributed by atoms with E-state index in [2.05, 4.69) is 10.3 Å². The summed E-state index contributed by atoms with van der Waals surface area (Å²) in [4.78, 5) is 6.24. The molecule has 0 aliphatic heterocycles. The summed E-state index contributed by atoms with van der Waals surface area (Å²) in [5.74, 6) is 0. The van der Waals surface area contributed by atoms with Gasteiger partial charge in [-0.3, -0.25) is 0 Å². The van der Waals surface area contributed by atoms with Crippen molar-refractivity contribution < 1.29 is 5.11 Å². The van der Waals surface area contributed by atoms with E-state index in [1.54, 1.807) is 11.3 Å². The van der Waals surface area contributed by atoms with Crippen molar-refractivity contribution in [1.82, 2.24) is 9.88 Å². The molecule has 1 rings (SSSR count). The number of hydrogen-bond acceptors (Lipinski definition) is 5. The van der Waals surface area contributed by atoms with E-state index in [0.29, 0.717) is 13.1 Å². The monoisotopic (exact) mass is 229 g/mol. The number of anilines is 1. The Hall–Kier alpha value is -0.650. The number of aromatic nitrogens is 1. The highest BCUT2D eigenvalue weighted by Gasteiger charge is 2.21. The van der Waals surface area contributed by atoms with Gasteiger partial charge in [0.2, 0.25) is 0 Å². The second-order valence-electron chi connectivity index (χ2n) is 4.38. The van der Waals surface area contributed by atoms with Crippen LogP contribution in [0.5, 0.6) is 0 Å². The average Bonchev–Trinajstić information content (AvgIpc) is 2.46. The smallest absolute Gasteiger partial charge is 0.182 e. The Morgan fingerprint density at radius 1 is 1.60 bits per heavy atom. The molecule has 0 fully saturated rings. The van der Waals surface area contributed by atoms with E-state index in [1.807, 2.05) is 38.2 Å². The summed E-state index contributed by atoms with van der Waals surface area (Å²) in [5, 5.41) is 16.0. The first-order valence-corrected chi connectivity index (χ1v) is 5.80. The van der Waals surface area contributed by atoms with Crippen LogP contribution in [0.1, 0.15) is 12.6 Å². The van der Waals surface area contributed by atoms with E-state index in [9.17, 15) is 5.11 Å². The zero-order valence-electron chi connectivity index (χ0n) is 9.74. The minimum absolute atomic E-state index is 0.512. The molecule has 1 unspecified atom stereocenters. The molecule has 0 bridgehead atoms. The molecule has 0 aliphatic rings. The zero-order chi connectivity index (χ0) is 11.5. The molecule has 0 saturated heterocycles. The van der Waals surface area contributed by atoms with E-state index >= 15 is 0 Å². The Morgan fingerprint density at radius 3 is 2.73 bits per heavy atom. The highest BCUT2D eigenvalue weighted by molar-refractivity contribution is 7.13. The molecule has 1 heterocycles. The van der Waals surface area contributed by atoms with Gasteiger partial charge in [0.15, 0.2) is 5.13 Å². The second-order valence-corrected chi connectivity index (χ2v) is 5.24. The third-order valence-electron chi connectivity index (χ3n) is 1.90. The molecule has 86 valence electrons. The van der Waals surface area contributed by atoms with Crippen LogP contribution in [0.15, 0.2) is 5.38 Å². The maximum absolute atomic E-state index is 10.0. The standard InChI is InChI=1S/C10H19N3OS/c1-8-5-15-9(12-8)11-6-10(2,14)7-13(3)4/h5,14H,6-7H2,1-4H3,(H,11,12). The van der Waals surface area contributed by atoms with Crippen molar-refractivity contribution in [1.29, 1.82) is 0 Å². The van der Waals surface area contributed by atoms with Gasteiger partial charge in [-0.1, -0.05) is 0 Å². The fraction of sp³-hybridized carbons (Fsp3) is 0.700. The van der Waals surface area contributed by atoms with E-state index in [4.69, 9.17) is 0 Å². The summed E-state index contributed by atoms with van der Waals surface area (Å²) in [5.41, 5.74) is 0.276. The lowest BCUT2D eigenvalue weighted by Crippen LogP contribution is -2.43. The summed E-state index contributed by atoms with van der Waals surface area (Å²) in [6.07, 6.45) is 0. The number of aliphatic hydroxyl groups is 1. The number of hydrogen-bond donors (Lipinski definition) is 2. The van der Waals surface area contributed by atoms with Crippen LogP contribution in [0.3, 0.4) is 0 Å². The molecule has 2 N–H and O–H groups in total. The first kappa shape index (κ1) is 12.4. The van der Waals surface area contributed by atoms with Crippen LogP contribution in [0.4, 0.5) is 5.13 Å². The summed E-state index contributed by atoms with van der Waals surface area (Å²) >= 11 is 1.56. The molecule has 0 amide bonds. The van der Waals surface area contributed by atoms with Gasteiger partial charge in [-0.25, -0.2) is 4.98 Å². The predicted molar refractivity (Wildman–Crippen MR) is 64.5 cm³/mol. The molecule has 0 radical (unpaired) electrons. The SMILES string of the molecule is Cc1csc(NCC(C)(O)CN(C)C)n1. The first-order chi connectivity index (χ1) is 6.89. The lowest BCUT2D eigenvalue weighted by atomic mass is 10.1. The fourth-order valence-corrected chi connectivity index (χ4v) is 2.13. The van der Waals surface area contributed by atoms with Crippen molar-refractivity contribution in [3.05, 3.63) is 11.1 Å². The van der Waals surface area contributed by atoms with E-state index in [-0.39, 0.29) is 0 Å². The largest absolute Gasteiger partial charge is 0.387 e. The van der Waals surface area contributed by atoms with Crippen molar-refractivity contribution in [2.75, 3.05) is 32.5 Å². The normalized spacial score (nSPS) is 15.3. The number of likely N-dealkylation sites (N-methyl/N-ethyl adjacent to an activating group) is 1. The van der Waals surface area contributed by atoms with Crippen molar-refractivity contribution >= 4 is 16.5 Å². The lowest BCUT2D eigenvalue weighted by molar-refractivity contribution is 0.0460. The summed E-state index contributed by atoms with van der Waals surface area (Å²) in [7, 11) is 3.89. The van der Waals surface area contributed by atoms with Gasteiger partial charge in [-0.2, -0.15) is 0 Å². The molecule has 5 heteroatoms. The molecule has 4 nitrogen and oxygen atoms in total. The van der Waals surface area contributed by atoms with Crippen molar-refractivity contribution in [2.45, 2.75) is 19.4 Å². The van der Waals surface area contributed by atoms with Gasteiger partial charge in [0.25, 0.3) is 0 Å². The van der Waals surface area contributed by atoms with Crippen LogP contribution < -0.4 is 5.32 Å². The third-order valence-corrected chi connectivity index (χ3v) is 2.81. The van der Waals surface area contributed by atoms with E-state index in [0.717, 1.165) is 10.8 Å². The van der Waals surface area contributed by atoms with Crippen LogP contribution in [0, 0.1) is 6.92 Å². The number of rotatable bonds is 5. The van der Waals surface area contributed by atoms with Crippen LogP contribution in [-0.4, -0.2) is 47.8 Å². The highest BCUT2D eigenvalue weighted by atomic mass is 32.1. The number of thiazole rings is 1. The van der Waals surface area contributed by atoms with Gasteiger partial charge in [0, 0.05) is 18.5 Å². The number of nitrogens with zero attached hydrogens (tertiary/aromatic N) is 2. The molecule has 15 heavy (non-hydrogen) atoms. The molecular formula is C10H19N3OS.